The lowest BCUT2D eigenvalue weighted by Gasteiger charge is -2.10. The van der Waals surface area contributed by atoms with Crippen LogP contribution in [-0.4, -0.2) is 0 Å². The smallest absolute Gasteiger partial charge is 0.0232 e. The standard InChI is InChI=1S/C25H44/c1-5-8-11-14-17-22(4)25-21-23(18-15-12-9-6-2)20-24(25)19-16-13-10-7-3/h20-21H,5-19H2,1-4H3. The van der Waals surface area contributed by atoms with Crippen molar-refractivity contribution in [3.8, 4) is 0 Å². The highest BCUT2D eigenvalue weighted by atomic mass is 14.2. The molecule has 0 saturated heterocycles. The van der Waals surface area contributed by atoms with E-state index in [1.807, 2.05) is 0 Å². The van der Waals surface area contributed by atoms with Crippen molar-refractivity contribution in [2.24, 2.45) is 0 Å². The number of unbranched alkanes of at least 4 members (excludes halogenated alkanes) is 9. The van der Waals surface area contributed by atoms with E-state index < -0.39 is 0 Å². The summed E-state index contributed by atoms with van der Waals surface area (Å²) < 4.78 is 0. The van der Waals surface area contributed by atoms with Crippen LogP contribution in [0.25, 0.3) is 0 Å². The molecule has 0 aromatic carbocycles. The van der Waals surface area contributed by atoms with Gasteiger partial charge in [-0.1, -0.05) is 96.3 Å². The lowest BCUT2D eigenvalue weighted by molar-refractivity contribution is 0.658. The Labute approximate surface area is 158 Å². The fourth-order valence-electron chi connectivity index (χ4n) is 3.82. The molecule has 0 aromatic rings. The van der Waals surface area contributed by atoms with E-state index in [0.717, 1.165) is 0 Å². The Kier molecular flexibility index (Phi) is 12.8. The maximum absolute atomic E-state index is 2.54. The molecule has 0 aromatic heterocycles. The first-order valence-electron chi connectivity index (χ1n) is 11.3. The van der Waals surface area contributed by atoms with E-state index >= 15 is 0 Å². The first-order valence-corrected chi connectivity index (χ1v) is 11.3. The number of hydrogen-bond acceptors (Lipinski definition) is 0. The minimum Gasteiger partial charge on any atom is -0.0658 e. The van der Waals surface area contributed by atoms with Crippen molar-refractivity contribution < 1.29 is 0 Å². The average Bonchev–Trinajstić information content (AvgIpc) is 3.02. The third-order valence-electron chi connectivity index (χ3n) is 5.52. The van der Waals surface area contributed by atoms with Gasteiger partial charge in [-0.3, -0.25) is 0 Å². The van der Waals surface area contributed by atoms with Crippen LogP contribution < -0.4 is 0 Å². The van der Waals surface area contributed by atoms with Crippen LogP contribution in [0.2, 0.25) is 0 Å². The van der Waals surface area contributed by atoms with Gasteiger partial charge < -0.3 is 0 Å². The van der Waals surface area contributed by atoms with E-state index in [1.165, 1.54) is 96.3 Å². The Bertz CT molecular complexity index is 433. The number of hydrogen-bond donors (Lipinski definition) is 0. The predicted octanol–water partition coefficient (Wildman–Crippen LogP) is 9.08. The van der Waals surface area contributed by atoms with Crippen LogP contribution in [0.4, 0.5) is 0 Å². The summed E-state index contributed by atoms with van der Waals surface area (Å²) in [5.74, 6) is 0. The highest BCUT2D eigenvalue weighted by Crippen LogP contribution is 2.34. The molecule has 144 valence electrons. The van der Waals surface area contributed by atoms with E-state index in [1.54, 1.807) is 22.3 Å². The van der Waals surface area contributed by atoms with E-state index in [-0.39, 0.29) is 0 Å². The van der Waals surface area contributed by atoms with Gasteiger partial charge in [-0.05, 0) is 62.2 Å². The van der Waals surface area contributed by atoms with Crippen molar-refractivity contribution in [1.29, 1.82) is 0 Å². The lowest BCUT2D eigenvalue weighted by atomic mass is 9.95. The second kappa shape index (κ2) is 14.4. The summed E-state index contributed by atoms with van der Waals surface area (Å²) in [6.45, 7) is 9.28. The molecule has 0 N–H and O–H groups in total. The molecule has 0 heterocycles. The van der Waals surface area contributed by atoms with E-state index in [9.17, 15) is 0 Å². The van der Waals surface area contributed by atoms with Crippen molar-refractivity contribution >= 4 is 0 Å². The van der Waals surface area contributed by atoms with Crippen molar-refractivity contribution in [3.05, 3.63) is 34.4 Å². The second-order valence-electron chi connectivity index (χ2n) is 8.01. The summed E-state index contributed by atoms with van der Waals surface area (Å²) >= 11 is 0. The Morgan fingerprint density at radius 2 is 1.20 bits per heavy atom. The van der Waals surface area contributed by atoms with Crippen LogP contribution in [0, 0.1) is 0 Å². The molecule has 1 rings (SSSR count). The quantitative estimate of drug-likeness (QED) is 0.260. The van der Waals surface area contributed by atoms with Crippen LogP contribution in [0.5, 0.6) is 0 Å². The van der Waals surface area contributed by atoms with Crippen LogP contribution >= 0.6 is 0 Å². The molecule has 0 nitrogen and oxygen atoms in total. The summed E-state index contributed by atoms with van der Waals surface area (Å²) in [6.07, 6.45) is 25.4. The molecule has 0 fully saturated rings. The second-order valence-corrected chi connectivity index (χ2v) is 8.01. The first-order chi connectivity index (χ1) is 12.2. The van der Waals surface area contributed by atoms with Gasteiger partial charge >= 0.3 is 0 Å². The van der Waals surface area contributed by atoms with E-state index in [0.29, 0.717) is 0 Å². The fourth-order valence-corrected chi connectivity index (χ4v) is 3.82. The molecule has 25 heavy (non-hydrogen) atoms. The van der Waals surface area contributed by atoms with E-state index in [4.69, 9.17) is 0 Å². The Hall–Kier alpha value is -0.780. The third kappa shape index (κ3) is 9.47. The number of allylic oxidation sites excluding steroid dienone is 6. The van der Waals surface area contributed by atoms with Gasteiger partial charge in [0, 0.05) is 0 Å². The largest absolute Gasteiger partial charge is 0.0658 e. The molecule has 0 saturated carbocycles. The maximum Gasteiger partial charge on any atom is -0.0232 e. The van der Waals surface area contributed by atoms with Crippen molar-refractivity contribution in [1.82, 2.24) is 0 Å². The summed E-state index contributed by atoms with van der Waals surface area (Å²) in [4.78, 5) is 0. The summed E-state index contributed by atoms with van der Waals surface area (Å²) in [6, 6.07) is 0. The summed E-state index contributed by atoms with van der Waals surface area (Å²) in [7, 11) is 0. The Morgan fingerprint density at radius 3 is 1.80 bits per heavy atom. The maximum atomic E-state index is 2.54. The Morgan fingerprint density at radius 1 is 0.640 bits per heavy atom. The molecule has 1 aliphatic rings. The highest BCUT2D eigenvalue weighted by molar-refractivity contribution is 5.54. The van der Waals surface area contributed by atoms with Crippen LogP contribution in [-0.2, 0) is 0 Å². The lowest BCUT2D eigenvalue weighted by Crippen LogP contribution is -1.91. The highest BCUT2D eigenvalue weighted by Gasteiger charge is 2.14. The van der Waals surface area contributed by atoms with Gasteiger partial charge in [0.15, 0.2) is 0 Å². The van der Waals surface area contributed by atoms with Crippen molar-refractivity contribution in [2.75, 3.05) is 0 Å². The van der Waals surface area contributed by atoms with Gasteiger partial charge in [0.2, 0.25) is 0 Å². The molecule has 0 unspecified atom stereocenters. The molecular formula is C25H44. The van der Waals surface area contributed by atoms with Gasteiger partial charge in [-0.2, -0.15) is 0 Å². The minimum atomic E-state index is 1.28. The normalized spacial score (nSPS) is 16.2. The zero-order chi connectivity index (χ0) is 18.3. The fraction of sp³-hybridized carbons (Fsp3) is 0.760. The predicted molar refractivity (Wildman–Crippen MR) is 115 cm³/mol. The monoisotopic (exact) mass is 344 g/mol. The van der Waals surface area contributed by atoms with Gasteiger partial charge in [0.1, 0.15) is 0 Å². The topological polar surface area (TPSA) is 0 Å². The molecule has 1 aliphatic carbocycles. The van der Waals surface area contributed by atoms with Crippen LogP contribution in [0.3, 0.4) is 0 Å². The third-order valence-corrected chi connectivity index (χ3v) is 5.52. The Balaban J connectivity index is 2.63. The van der Waals surface area contributed by atoms with Gasteiger partial charge in [0.25, 0.3) is 0 Å². The average molecular weight is 345 g/mol. The molecule has 0 radical (unpaired) electrons. The van der Waals surface area contributed by atoms with Gasteiger partial charge in [0.05, 0.1) is 0 Å². The molecule has 0 spiro atoms. The van der Waals surface area contributed by atoms with Gasteiger partial charge in [-0.15, -0.1) is 0 Å². The zero-order valence-electron chi connectivity index (χ0n) is 17.8. The molecule has 0 heteroatoms. The van der Waals surface area contributed by atoms with Crippen LogP contribution in [0.15, 0.2) is 34.4 Å². The summed E-state index contributed by atoms with van der Waals surface area (Å²) in [5, 5.41) is 0. The van der Waals surface area contributed by atoms with Crippen molar-refractivity contribution in [2.45, 2.75) is 124 Å². The molecule has 0 aliphatic heterocycles. The zero-order valence-corrected chi connectivity index (χ0v) is 17.8. The number of rotatable bonds is 15. The SMILES string of the molecule is CCCCCCC1=CC(=C(C)CCCCCC)C(CCCCCC)=C1. The van der Waals surface area contributed by atoms with Gasteiger partial charge in [-0.25, -0.2) is 0 Å². The summed E-state index contributed by atoms with van der Waals surface area (Å²) in [5.41, 5.74) is 6.50. The molecule has 0 amide bonds. The van der Waals surface area contributed by atoms with E-state index in [2.05, 4.69) is 39.8 Å². The van der Waals surface area contributed by atoms with Crippen LogP contribution in [0.1, 0.15) is 124 Å². The molecular weight excluding hydrogens is 300 g/mol. The first kappa shape index (κ1) is 22.3. The molecule has 0 bridgehead atoms. The molecule has 0 atom stereocenters. The van der Waals surface area contributed by atoms with Crippen molar-refractivity contribution in [3.63, 3.8) is 0 Å². The minimum absolute atomic E-state index is 1.28.